The molecule has 3 aromatic heterocycles. The maximum absolute atomic E-state index is 12.8. The molecule has 0 aliphatic carbocycles. The lowest BCUT2D eigenvalue weighted by Crippen LogP contribution is -2.21. The van der Waals surface area contributed by atoms with Gasteiger partial charge in [0.2, 0.25) is 11.6 Å². The highest BCUT2D eigenvalue weighted by atomic mass is 35.5. The van der Waals surface area contributed by atoms with E-state index in [9.17, 15) is 4.79 Å². The summed E-state index contributed by atoms with van der Waals surface area (Å²) in [4.78, 5) is 14.7. The van der Waals surface area contributed by atoms with Crippen molar-refractivity contribution in [3.63, 3.8) is 0 Å². The molecule has 0 saturated heterocycles. The first-order valence-electron chi connectivity index (χ1n) is 8.83. The third-order valence-corrected chi connectivity index (χ3v) is 6.32. The summed E-state index contributed by atoms with van der Waals surface area (Å²) in [6.45, 7) is 1.81. The van der Waals surface area contributed by atoms with Gasteiger partial charge in [0.05, 0.1) is 11.4 Å². The first-order valence-corrected chi connectivity index (χ1v) is 11.1. The third kappa shape index (κ3) is 4.76. The van der Waals surface area contributed by atoms with E-state index in [0.717, 1.165) is 9.77 Å². The number of hydrogen-bond donors (Lipinski definition) is 2. The summed E-state index contributed by atoms with van der Waals surface area (Å²) in [5.74, 6) is 0.0127. The highest BCUT2D eigenvalue weighted by molar-refractivity contribution is 7.98. The molecule has 3 N–H and O–H groups in total. The molecule has 31 heavy (non-hydrogen) atoms. The van der Waals surface area contributed by atoms with Gasteiger partial charge in [0.15, 0.2) is 5.69 Å². The molecule has 10 nitrogen and oxygen atoms in total. The second-order valence-electron chi connectivity index (χ2n) is 6.13. The first kappa shape index (κ1) is 21.0. The normalized spacial score (nSPS) is 11.6. The number of amides is 1. The van der Waals surface area contributed by atoms with Gasteiger partial charge in [0, 0.05) is 20.5 Å². The summed E-state index contributed by atoms with van der Waals surface area (Å²) >= 11 is 8.94. The van der Waals surface area contributed by atoms with Gasteiger partial charge in [0.1, 0.15) is 0 Å². The Kier molecular flexibility index (Phi) is 6.30. The lowest BCUT2D eigenvalue weighted by atomic mass is 10.3. The summed E-state index contributed by atoms with van der Waals surface area (Å²) in [5, 5.41) is 22.1. The zero-order valence-corrected chi connectivity index (χ0v) is 18.4. The Balaban J connectivity index is 1.61. The highest BCUT2D eigenvalue weighted by Gasteiger charge is 2.24. The zero-order valence-electron chi connectivity index (χ0n) is 16.0. The largest absolute Gasteiger partial charge is 0.378 e. The van der Waals surface area contributed by atoms with Crippen molar-refractivity contribution in [1.82, 2.24) is 30.7 Å². The number of nitrogens with two attached hydrogens (primary N) is 1. The van der Waals surface area contributed by atoms with Gasteiger partial charge in [-0.1, -0.05) is 22.9 Å². The molecule has 13 heteroatoms. The third-order valence-electron chi connectivity index (χ3n) is 4.07. The predicted molar refractivity (Wildman–Crippen MR) is 119 cm³/mol. The number of halogens is 1. The Morgan fingerprint density at radius 2 is 2.13 bits per heavy atom. The molecule has 4 aromatic rings. The average molecular weight is 475 g/mol. The van der Waals surface area contributed by atoms with Gasteiger partial charge in [-0.15, -0.1) is 28.2 Å². The van der Waals surface area contributed by atoms with Crippen molar-refractivity contribution in [3.05, 3.63) is 63.1 Å². The number of thioether (sulfide) groups is 1. The number of aromatic nitrogens is 5. The molecule has 0 aliphatic heterocycles. The smallest absolute Gasteiger partial charge is 0.293 e. The molecule has 3 heterocycles. The summed E-state index contributed by atoms with van der Waals surface area (Å²) < 4.78 is 6.00. The van der Waals surface area contributed by atoms with E-state index in [0.29, 0.717) is 22.2 Å². The fourth-order valence-corrected chi connectivity index (χ4v) is 4.22. The second-order valence-corrected chi connectivity index (χ2v) is 8.56. The van der Waals surface area contributed by atoms with Crippen LogP contribution in [0.5, 0.6) is 0 Å². The fourth-order valence-electron chi connectivity index (χ4n) is 2.53. The first-order chi connectivity index (χ1) is 15.0. The van der Waals surface area contributed by atoms with E-state index in [2.05, 4.69) is 35.8 Å². The number of nitrogens with one attached hydrogen (secondary N) is 1. The quantitative estimate of drug-likeness (QED) is 0.236. The second kappa shape index (κ2) is 9.29. The molecule has 0 saturated carbocycles. The number of hydrogen-bond acceptors (Lipinski definition) is 10. The number of benzene rings is 1. The summed E-state index contributed by atoms with van der Waals surface area (Å²) in [6.07, 6.45) is 0. The molecular formula is C18H15ClN8O2S2. The number of carbonyl (C=O) groups is 1. The van der Waals surface area contributed by atoms with E-state index < -0.39 is 5.91 Å². The lowest BCUT2D eigenvalue weighted by Gasteiger charge is -2.06. The number of carbonyl (C=O) groups excluding carboxylic acids is 1. The van der Waals surface area contributed by atoms with Crippen LogP contribution in [-0.2, 0) is 5.75 Å². The minimum absolute atomic E-state index is 0.0289. The van der Waals surface area contributed by atoms with Crippen LogP contribution in [0, 0.1) is 0 Å². The van der Waals surface area contributed by atoms with E-state index >= 15 is 0 Å². The predicted octanol–water partition coefficient (Wildman–Crippen LogP) is 3.39. The Bertz CT molecular complexity index is 1220. The molecule has 0 unspecified atom stereocenters. The van der Waals surface area contributed by atoms with Crippen LogP contribution in [0.4, 0.5) is 5.82 Å². The van der Waals surface area contributed by atoms with Gasteiger partial charge in [-0.2, -0.15) is 9.78 Å². The Hall–Kier alpha value is -3.22. The average Bonchev–Trinajstić information content (AvgIpc) is 3.52. The van der Waals surface area contributed by atoms with Crippen molar-refractivity contribution >= 4 is 52.1 Å². The number of nitrogen functional groups attached to an aromatic ring is 1. The minimum atomic E-state index is -0.510. The van der Waals surface area contributed by atoms with Crippen LogP contribution in [0.3, 0.4) is 0 Å². The standard InChI is InChI=1S/C18H15ClN8O2S2/c1-10(14-3-2-8-30-14)21-23-18(28)15-13(9-31-12-6-4-11(19)5-7-12)27(26-22-15)17-16(20)24-29-25-17/h2-8H,9H2,1H3,(H2,20,24)(H,23,28)/b21-10-. The molecule has 0 bridgehead atoms. The van der Waals surface area contributed by atoms with Gasteiger partial charge in [-0.3, -0.25) is 4.79 Å². The number of nitrogens with zero attached hydrogens (tertiary/aromatic N) is 6. The van der Waals surface area contributed by atoms with Crippen LogP contribution in [-0.4, -0.2) is 36.9 Å². The summed E-state index contributed by atoms with van der Waals surface area (Å²) in [6, 6.07) is 11.2. The van der Waals surface area contributed by atoms with Gasteiger partial charge >= 0.3 is 0 Å². The zero-order chi connectivity index (χ0) is 21.8. The van der Waals surface area contributed by atoms with Crippen molar-refractivity contribution in [2.24, 2.45) is 5.10 Å². The van der Waals surface area contributed by atoms with E-state index in [-0.39, 0.29) is 17.3 Å². The van der Waals surface area contributed by atoms with E-state index in [1.807, 2.05) is 36.6 Å². The van der Waals surface area contributed by atoms with Gasteiger partial charge < -0.3 is 5.73 Å². The highest BCUT2D eigenvalue weighted by Crippen LogP contribution is 2.27. The van der Waals surface area contributed by atoms with Crippen molar-refractivity contribution in [1.29, 1.82) is 0 Å². The molecule has 158 valence electrons. The lowest BCUT2D eigenvalue weighted by molar-refractivity contribution is 0.0949. The molecule has 0 aliphatic rings. The van der Waals surface area contributed by atoms with Gasteiger partial charge in [0.25, 0.3) is 5.91 Å². The van der Waals surface area contributed by atoms with E-state index in [1.54, 1.807) is 12.1 Å². The number of rotatable bonds is 7. The van der Waals surface area contributed by atoms with Crippen LogP contribution in [0.2, 0.25) is 5.02 Å². The van der Waals surface area contributed by atoms with Crippen molar-refractivity contribution in [3.8, 4) is 5.82 Å². The molecular weight excluding hydrogens is 460 g/mol. The topological polar surface area (TPSA) is 137 Å². The molecule has 0 spiro atoms. The van der Waals surface area contributed by atoms with Crippen LogP contribution in [0.1, 0.15) is 28.0 Å². The molecule has 0 fully saturated rings. The summed E-state index contributed by atoms with van der Waals surface area (Å²) in [5.41, 5.74) is 9.56. The number of thiophene rings is 1. The fraction of sp³-hybridized carbons (Fsp3) is 0.111. The molecule has 1 amide bonds. The Morgan fingerprint density at radius 1 is 1.32 bits per heavy atom. The van der Waals surface area contributed by atoms with Crippen molar-refractivity contribution in [2.45, 2.75) is 17.6 Å². The van der Waals surface area contributed by atoms with Crippen LogP contribution < -0.4 is 11.2 Å². The van der Waals surface area contributed by atoms with Crippen LogP contribution >= 0.6 is 34.7 Å². The maximum Gasteiger partial charge on any atom is 0.293 e. The minimum Gasteiger partial charge on any atom is -0.378 e. The van der Waals surface area contributed by atoms with Crippen LogP contribution in [0.25, 0.3) is 5.82 Å². The molecule has 1 aromatic carbocycles. The Morgan fingerprint density at radius 3 is 2.81 bits per heavy atom. The molecule has 4 rings (SSSR count). The monoisotopic (exact) mass is 474 g/mol. The van der Waals surface area contributed by atoms with E-state index in [1.165, 1.54) is 27.8 Å². The maximum atomic E-state index is 12.8. The van der Waals surface area contributed by atoms with Crippen LogP contribution in [0.15, 0.2) is 56.4 Å². The number of hydrazone groups is 1. The van der Waals surface area contributed by atoms with Crippen molar-refractivity contribution < 1.29 is 9.42 Å². The molecule has 0 atom stereocenters. The van der Waals surface area contributed by atoms with Crippen molar-refractivity contribution in [2.75, 3.05) is 5.73 Å². The molecule has 0 radical (unpaired) electrons. The SMILES string of the molecule is C/C(=N/NC(=O)c1nnn(-c2nonc2N)c1CSc1ccc(Cl)cc1)c1cccs1. The Labute approximate surface area is 189 Å². The number of anilines is 1. The summed E-state index contributed by atoms with van der Waals surface area (Å²) in [7, 11) is 0. The van der Waals surface area contributed by atoms with E-state index in [4.69, 9.17) is 17.3 Å². The van der Waals surface area contributed by atoms with Gasteiger partial charge in [-0.25, -0.2) is 10.1 Å². The van der Waals surface area contributed by atoms with Gasteiger partial charge in [-0.05, 0) is 52.9 Å².